The van der Waals surface area contributed by atoms with Crippen LogP contribution >= 0.6 is 0 Å². The minimum absolute atomic E-state index is 0.237. The van der Waals surface area contributed by atoms with Crippen LogP contribution in [0.4, 0.5) is 10.3 Å². The lowest BCUT2D eigenvalue weighted by molar-refractivity contribution is 0.376. The van der Waals surface area contributed by atoms with Crippen molar-refractivity contribution >= 4 is 17.0 Å². The van der Waals surface area contributed by atoms with E-state index in [-0.39, 0.29) is 5.82 Å². The fraction of sp³-hybridized carbons (Fsp3) is 0.533. The molecule has 20 heavy (non-hydrogen) atoms. The first-order valence-electron chi connectivity index (χ1n) is 7.35. The number of hydrogen-bond donors (Lipinski definition) is 2. The number of benzene rings is 1. The number of rotatable bonds is 3. The average molecular weight is 276 g/mol. The summed E-state index contributed by atoms with van der Waals surface area (Å²) < 4.78 is 13.3. The molecule has 1 saturated carbocycles. The maximum atomic E-state index is 13.3. The molecule has 3 rings (SSSR count). The summed E-state index contributed by atoms with van der Waals surface area (Å²) in [6, 6.07) is 5.48. The van der Waals surface area contributed by atoms with Crippen LogP contribution in [0.5, 0.6) is 0 Å². The summed E-state index contributed by atoms with van der Waals surface area (Å²) in [6.07, 6.45) is 4.33. The summed E-state index contributed by atoms with van der Waals surface area (Å²) in [5.74, 6) is 0.605. The van der Waals surface area contributed by atoms with E-state index in [1.54, 1.807) is 6.07 Å². The summed E-state index contributed by atoms with van der Waals surface area (Å²) in [5.41, 5.74) is 7.54. The van der Waals surface area contributed by atoms with Gasteiger partial charge in [-0.2, -0.15) is 0 Å². The van der Waals surface area contributed by atoms with Crippen LogP contribution < -0.4 is 10.6 Å². The molecule has 2 aromatic rings. The van der Waals surface area contributed by atoms with E-state index in [1.807, 2.05) is 0 Å². The monoisotopic (exact) mass is 276 g/mol. The van der Waals surface area contributed by atoms with Gasteiger partial charge in [-0.25, -0.2) is 9.37 Å². The number of halogens is 1. The van der Waals surface area contributed by atoms with Gasteiger partial charge >= 0.3 is 0 Å². The zero-order valence-electron chi connectivity index (χ0n) is 11.8. The molecule has 108 valence electrons. The van der Waals surface area contributed by atoms with E-state index in [0.29, 0.717) is 12.1 Å². The first kappa shape index (κ1) is 13.4. The Kier molecular flexibility index (Phi) is 3.61. The van der Waals surface area contributed by atoms with Crippen molar-refractivity contribution in [1.82, 2.24) is 9.97 Å². The van der Waals surface area contributed by atoms with E-state index in [0.717, 1.165) is 49.2 Å². The van der Waals surface area contributed by atoms with Gasteiger partial charge < -0.3 is 15.6 Å². The molecule has 0 saturated heterocycles. The van der Waals surface area contributed by atoms with E-state index in [2.05, 4.69) is 21.8 Å². The molecule has 0 amide bonds. The predicted molar refractivity (Wildman–Crippen MR) is 79.3 cm³/mol. The van der Waals surface area contributed by atoms with Crippen molar-refractivity contribution in [1.29, 1.82) is 0 Å². The van der Waals surface area contributed by atoms with Gasteiger partial charge in [0.25, 0.3) is 0 Å². The molecule has 1 aliphatic rings. The SMILES string of the molecule is CCN(c1nc2ccc(F)cc2[nH]1)C1CCC(N)CC1. The van der Waals surface area contributed by atoms with Gasteiger partial charge in [-0.1, -0.05) is 0 Å². The summed E-state index contributed by atoms with van der Waals surface area (Å²) >= 11 is 0. The first-order chi connectivity index (χ1) is 9.67. The van der Waals surface area contributed by atoms with Gasteiger partial charge in [-0.15, -0.1) is 0 Å². The van der Waals surface area contributed by atoms with Crippen LogP contribution in [0.2, 0.25) is 0 Å². The first-order valence-corrected chi connectivity index (χ1v) is 7.35. The van der Waals surface area contributed by atoms with E-state index >= 15 is 0 Å². The molecule has 4 nitrogen and oxygen atoms in total. The van der Waals surface area contributed by atoms with Gasteiger partial charge in [0.05, 0.1) is 11.0 Å². The molecule has 1 aromatic carbocycles. The smallest absolute Gasteiger partial charge is 0.204 e. The minimum Gasteiger partial charge on any atom is -0.340 e. The highest BCUT2D eigenvalue weighted by Gasteiger charge is 2.25. The molecule has 1 fully saturated rings. The molecular formula is C15H21FN4. The molecule has 0 spiro atoms. The molecule has 0 atom stereocenters. The molecule has 0 radical (unpaired) electrons. The summed E-state index contributed by atoms with van der Waals surface area (Å²) in [6.45, 7) is 3.02. The Bertz CT molecular complexity index is 587. The lowest BCUT2D eigenvalue weighted by Crippen LogP contribution is -2.41. The lowest BCUT2D eigenvalue weighted by atomic mass is 9.91. The van der Waals surface area contributed by atoms with E-state index in [9.17, 15) is 4.39 Å². The molecule has 0 unspecified atom stereocenters. The summed E-state index contributed by atoms with van der Waals surface area (Å²) in [7, 11) is 0. The number of aromatic amines is 1. The highest BCUT2D eigenvalue weighted by Crippen LogP contribution is 2.26. The van der Waals surface area contributed by atoms with Crippen molar-refractivity contribution < 1.29 is 4.39 Å². The molecule has 1 aliphatic carbocycles. The maximum Gasteiger partial charge on any atom is 0.204 e. The second kappa shape index (κ2) is 5.40. The van der Waals surface area contributed by atoms with Crippen LogP contribution in [0.1, 0.15) is 32.6 Å². The second-order valence-corrected chi connectivity index (χ2v) is 5.58. The Morgan fingerprint density at radius 1 is 1.35 bits per heavy atom. The number of anilines is 1. The van der Waals surface area contributed by atoms with E-state index < -0.39 is 0 Å². The van der Waals surface area contributed by atoms with Crippen molar-refractivity contribution in [3.05, 3.63) is 24.0 Å². The van der Waals surface area contributed by atoms with Gasteiger partial charge in [-0.05, 0) is 50.8 Å². The zero-order valence-corrected chi connectivity index (χ0v) is 11.8. The molecule has 3 N–H and O–H groups in total. The molecule has 0 bridgehead atoms. The third kappa shape index (κ3) is 2.50. The fourth-order valence-corrected chi connectivity index (χ4v) is 3.10. The zero-order chi connectivity index (χ0) is 14.1. The van der Waals surface area contributed by atoms with Gasteiger partial charge in [-0.3, -0.25) is 0 Å². The number of aromatic nitrogens is 2. The van der Waals surface area contributed by atoms with Crippen LogP contribution in [-0.2, 0) is 0 Å². The van der Waals surface area contributed by atoms with Gasteiger partial charge in [0.1, 0.15) is 5.82 Å². The highest BCUT2D eigenvalue weighted by atomic mass is 19.1. The third-order valence-electron chi connectivity index (χ3n) is 4.23. The Morgan fingerprint density at radius 2 is 2.10 bits per heavy atom. The number of H-pyrrole nitrogens is 1. The van der Waals surface area contributed by atoms with E-state index in [1.165, 1.54) is 12.1 Å². The van der Waals surface area contributed by atoms with Crippen LogP contribution in [-0.4, -0.2) is 28.6 Å². The Labute approximate surface area is 118 Å². The van der Waals surface area contributed by atoms with Crippen LogP contribution in [0.25, 0.3) is 11.0 Å². The largest absolute Gasteiger partial charge is 0.340 e. The van der Waals surface area contributed by atoms with E-state index in [4.69, 9.17) is 5.73 Å². The van der Waals surface area contributed by atoms with Gasteiger partial charge in [0.15, 0.2) is 0 Å². The van der Waals surface area contributed by atoms with Crippen LogP contribution in [0.15, 0.2) is 18.2 Å². The normalized spacial score (nSPS) is 23.1. The minimum atomic E-state index is -0.237. The number of nitrogens with one attached hydrogen (secondary N) is 1. The molecule has 1 aromatic heterocycles. The number of fused-ring (bicyclic) bond motifs is 1. The quantitative estimate of drug-likeness (QED) is 0.906. The lowest BCUT2D eigenvalue weighted by Gasteiger charge is -2.35. The Morgan fingerprint density at radius 3 is 2.80 bits per heavy atom. The van der Waals surface area contributed by atoms with Gasteiger partial charge in [0.2, 0.25) is 5.95 Å². The average Bonchev–Trinajstić information content (AvgIpc) is 2.84. The summed E-state index contributed by atoms with van der Waals surface area (Å²) in [4.78, 5) is 10.1. The standard InChI is InChI=1S/C15H21FN4/c1-2-20(12-6-4-11(17)5-7-12)15-18-13-8-3-10(16)9-14(13)19-15/h3,8-9,11-12H,2,4-7,17H2,1H3,(H,18,19). The number of hydrogen-bond acceptors (Lipinski definition) is 3. The summed E-state index contributed by atoms with van der Waals surface area (Å²) in [5, 5.41) is 0. The van der Waals surface area contributed by atoms with Gasteiger partial charge in [0, 0.05) is 18.6 Å². The Balaban J connectivity index is 1.87. The van der Waals surface area contributed by atoms with Crippen molar-refractivity contribution in [2.45, 2.75) is 44.7 Å². The van der Waals surface area contributed by atoms with Crippen molar-refractivity contribution in [3.8, 4) is 0 Å². The Hall–Kier alpha value is -1.62. The van der Waals surface area contributed by atoms with Crippen molar-refractivity contribution in [2.24, 2.45) is 5.73 Å². The number of imidazole rings is 1. The maximum absolute atomic E-state index is 13.3. The topological polar surface area (TPSA) is 57.9 Å². The number of nitrogens with two attached hydrogens (primary N) is 1. The van der Waals surface area contributed by atoms with Crippen molar-refractivity contribution in [3.63, 3.8) is 0 Å². The predicted octanol–water partition coefficient (Wildman–Crippen LogP) is 2.80. The second-order valence-electron chi connectivity index (χ2n) is 5.58. The molecular weight excluding hydrogens is 255 g/mol. The molecule has 1 heterocycles. The number of nitrogens with zero attached hydrogens (tertiary/aromatic N) is 2. The fourth-order valence-electron chi connectivity index (χ4n) is 3.10. The highest BCUT2D eigenvalue weighted by molar-refractivity contribution is 5.77. The van der Waals surface area contributed by atoms with Crippen molar-refractivity contribution in [2.75, 3.05) is 11.4 Å². The van der Waals surface area contributed by atoms with Crippen LogP contribution in [0, 0.1) is 5.82 Å². The third-order valence-corrected chi connectivity index (χ3v) is 4.23. The molecule has 0 aliphatic heterocycles. The molecule has 5 heteroatoms. The van der Waals surface area contributed by atoms with Crippen LogP contribution in [0.3, 0.4) is 0 Å².